The molecule has 0 spiro atoms. The van der Waals surface area contributed by atoms with E-state index in [4.69, 9.17) is 23.8 Å². The van der Waals surface area contributed by atoms with E-state index in [0.717, 1.165) is 16.8 Å². The van der Waals surface area contributed by atoms with Crippen LogP contribution in [0.2, 0.25) is 5.02 Å². The van der Waals surface area contributed by atoms with Crippen molar-refractivity contribution < 1.29 is 0 Å². The highest BCUT2D eigenvalue weighted by atomic mass is 35.5. The third-order valence-corrected chi connectivity index (χ3v) is 4.11. The maximum Gasteiger partial charge on any atom is 0.248 e. The van der Waals surface area contributed by atoms with Crippen LogP contribution < -0.4 is 10.6 Å². The second-order valence-electron chi connectivity index (χ2n) is 5.79. The summed E-state index contributed by atoms with van der Waals surface area (Å²) < 4.78 is 1.74. The first kappa shape index (κ1) is 17.4. The van der Waals surface area contributed by atoms with Crippen molar-refractivity contribution >= 4 is 40.6 Å². The Morgan fingerprint density at radius 2 is 1.88 bits per heavy atom. The molecule has 2 N–H and O–H groups in total. The minimum atomic E-state index is 0.455. The molecule has 0 amide bonds. The Labute approximate surface area is 157 Å². The van der Waals surface area contributed by atoms with Crippen LogP contribution in [0.3, 0.4) is 0 Å². The Kier molecular flexibility index (Phi) is 5.31. The van der Waals surface area contributed by atoms with Crippen LogP contribution in [-0.2, 0) is 6.54 Å². The molecule has 1 heterocycles. The number of halogens is 1. The van der Waals surface area contributed by atoms with Crippen molar-refractivity contribution in [2.24, 2.45) is 0 Å². The van der Waals surface area contributed by atoms with E-state index < -0.39 is 0 Å². The molecule has 128 valence electrons. The number of hydrogen-bond donors (Lipinski definition) is 2. The Hall–Kier alpha value is -2.44. The third-order valence-electron chi connectivity index (χ3n) is 3.65. The molecule has 0 saturated carbocycles. The number of hydrogen-bond acceptors (Lipinski definition) is 3. The van der Waals surface area contributed by atoms with E-state index >= 15 is 0 Å². The van der Waals surface area contributed by atoms with Gasteiger partial charge in [-0.2, -0.15) is 0 Å². The molecule has 1 aromatic heterocycles. The quantitative estimate of drug-likeness (QED) is 0.665. The number of thiocarbonyl (C=S) groups is 1. The van der Waals surface area contributed by atoms with Gasteiger partial charge in [-0.3, -0.25) is 5.32 Å². The van der Waals surface area contributed by atoms with E-state index in [0.29, 0.717) is 22.6 Å². The van der Waals surface area contributed by atoms with Gasteiger partial charge in [0.2, 0.25) is 5.95 Å². The van der Waals surface area contributed by atoms with Crippen LogP contribution in [0.4, 0.5) is 11.6 Å². The number of benzene rings is 2. The van der Waals surface area contributed by atoms with Gasteiger partial charge in [-0.25, -0.2) is 9.67 Å². The smallest absolute Gasteiger partial charge is 0.248 e. The topological polar surface area (TPSA) is 54.8 Å². The summed E-state index contributed by atoms with van der Waals surface area (Å²) in [4.78, 5) is 4.24. The summed E-state index contributed by atoms with van der Waals surface area (Å²) in [6.45, 7) is 4.71. The predicted molar refractivity (Wildman–Crippen MR) is 106 cm³/mol. The summed E-state index contributed by atoms with van der Waals surface area (Å²) in [5, 5.41) is 11.7. The highest BCUT2D eigenvalue weighted by Gasteiger charge is 2.06. The summed E-state index contributed by atoms with van der Waals surface area (Å²) in [6, 6.07) is 13.8. The molecular formula is C18H18ClN5S. The molecule has 0 atom stereocenters. The maximum atomic E-state index is 5.90. The lowest BCUT2D eigenvalue weighted by Gasteiger charge is -2.11. The molecular weight excluding hydrogens is 354 g/mol. The van der Waals surface area contributed by atoms with Crippen molar-refractivity contribution in [3.05, 3.63) is 70.5 Å². The summed E-state index contributed by atoms with van der Waals surface area (Å²) in [7, 11) is 0. The van der Waals surface area contributed by atoms with E-state index in [1.165, 1.54) is 5.56 Å². The van der Waals surface area contributed by atoms with Crippen molar-refractivity contribution in [1.82, 2.24) is 14.8 Å². The van der Waals surface area contributed by atoms with Gasteiger partial charge in [0.15, 0.2) is 5.11 Å². The first-order valence-corrected chi connectivity index (χ1v) is 8.57. The first-order chi connectivity index (χ1) is 12.0. The first-order valence-electron chi connectivity index (χ1n) is 7.79. The van der Waals surface area contributed by atoms with Crippen LogP contribution in [0.1, 0.15) is 16.7 Å². The molecule has 5 nitrogen and oxygen atoms in total. The van der Waals surface area contributed by atoms with Crippen molar-refractivity contribution in [3.63, 3.8) is 0 Å². The molecule has 3 aromatic rings. The molecule has 0 aliphatic heterocycles. The normalized spacial score (nSPS) is 10.5. The average molecular weight is 372 g/mol. The summed E-state index contributed by atoms with van der Waals surface area (Å²) in [6.07, 6.45) is 1.66. The Balaban J connectivity index is 1.60. The third kappa shape index (κ3) is 4.78. The average Bonchev–Trinajstić information content (AvgIpc) is 2.99. The lowest BCUT2D eigenvalue weighted by molar-refractivity contribution is 0.687. The van der Waals surface area contributed by atoms with Gasteiger partial charge >= 0.3 is 0 Å². The summed E-state index contributed by atoms with van der Waals surface area (Å²) in [5.74, 6) is 0.455. The monoisotopic (exact) mass is 371 g/mol. The Morgan fingerprint density at radius 1 is 1.12 bits per heavy atom. The Morgan fingerprint density at radius 3 is 2.60 bits per heavy atom. The fraction of sp³-hybridized carbons (Fsp3) is 0.167. The van der Waals surface area contributed by atoms with Gasteiger partial charge in [0, 0.05) is 10.7 Å². The minimum Gasteiger partial charge on any atom is -0.332 e. The molecule has 0 aliphatic rings. The van der Waals surface area contributed by atoms with E-state index in [1.807, 2.05) is 43.3 Å². The lowest BCUT2D eigenvalue weighted by Crippen LogP contribution is -2.20. The summed E-state index contributed by atoms with van der Waals surface area (Å²) >= 11 is 11.2. The molecule has 0 unspecified atom stereocenters. The predicted octanol–water partition coefficient (Wildman–Crippen LogP) is 4.41. The van der Waals surface area contributed by atoms with Gasteiger partial charge in [-0.15, -0.1) is 5.10 Å². The molecule has 7 heteroatoms. The van der Waals surface area contributed by atoms with Crippen LogP contribution in [0, 0.1) is 13.8 Å². The highest BCUT2D eigenvalue weighted by Crippen LogP contribution is 2.16. The molecule has 25 heavy (non-hydrogen) atoms. The molecule has 2 aromatic carbocycles. The standard InChI is InChI=1S/C18H18ClN5S/c1-12-3-8-16(13(2)9-12)21-18(25)22-17-20-11-24(23-17)10-14-4-6-15(19)7-5-14/h3-9,11H,10H2,1-2H3,(H2,21,22,23,25). The van der Waals surface area contributed by atoms with Gasteiger partial charge in [-0.05, 0) is 55.4 Å². The number of nitrogens with zero attached hydrogens (tertiary/aromatic N) is 3. The number of rotatable bonds is 4. The molecule has 0 bridgehead atoms. The van der Waals surface area contributed by atoms with Crippen LogP contribution in [0.5, 0.6) is 0 Å². The number of anilines is 2. The minimum absolute atomic E-state index is 0.455. The van der Waals surface area contributed by atoms with E-state index in [1.54, 1.807) is 11.0 Å². The van der Waals surface area contributed by atoms with E-state index in [2.05, 4.69) is 33.7 Å². The van der Waals surface area contributed by atoms with Crippen molar-refractivity contribution in [2.75, 3.05) is 10.6 Å². The second kappa shape index (κ2) is 7.63. The zero-order valence-electron chi connectivity index (χ0n) is 14.0. The van der Waals surface area contributed by atoms with Crippen molar-refractivity contribution in [1.29, 1.82) is 0 Å². The Bertz CT molecular complexity index is 889. The molecule has 0 aliphatic carbocycles. The van der Waals surface area contributed by atoms with E-state index in [-0.39, 0.29) is 0 Å². The second-order valence-corrected chi connectivity index (χ2v) is 6.63. The largest absolute Gasteiger partial charge is 0.332 e. The van der Waals surface area contributed by atoms with Gasteiger partial charge in [0.25, 0.3) is 0 Å². The fourth-order valence-corrected chi connectivity index (χ4v) is 2.74. The van der Waals surface area contributed by atoms with Crippen LogP contribution in [0.15, 0.2) is 48.8 Å². The van der Waals surface area contributed by atoms with Gasteiger partial charge < -0.3 is 5.32 Å². The van der Waals surface area contributed by atoms with Gasteiger partial charge in [0.1, 0.15) is 6.33 Å². The molecule has 0 fully saturated rings. The zero-order valence-corrected chi connectivity index (χ0v) is 15.5. The zero-order chi connectivity index (χ0) is 17.8. The number of aromatic nitrogens is 3. The van der Waals surface area contributed by atoms with E-state index in [9.17, 15) is 0 Å². The van der Waals surface area contributed by atoms with Crippen LogP contribution in [-0.4, -0.2) is 19.9 Å². The molecule has 0 radical (unpaired) electrons. The number of aryl methyl sites for hydroxylation is 2. The molecule has 0 saturated heterocycles. The van der Waals surface area contributed by atoms with Crippen molar-refractivity contribution in [2.45, 2.75) is 20.4 Å². The van der Waals surface area contributed by atoms with Gasteiger partial charge in [0.05, 0.1) is 6.54 Å². The fourth-order valence-electron chi connectivity index (χ4n) is 2.41. The maximum absolute atomic E-state index is 5.90. The van der Waals surface area contributed by atoms with Crippen LogP contribution >= 0.6 is 23.8 Å². The number of nitrogens with one attached hydrogen (secondary N) is 2. The van der Waals surface area contributed by atoms with Crippen LogP contribution in [0.25, 0.3) is 0 Å². The SMILES string of the molecule is Cc1ccc(NC(=S)Nc2ncn(Cc3ccc(Cl)cc3)n2)c(C)c1. The lowest BCUT2D eigenvalue weighted by atomic mass is 10.1. The van der Waals surface area contributed by atoms with Gasteiger partial charge in [-0.1, -0.05) is 41.4 Å². The summed E-state index contributed by atoms with van der Waals surface area (Å²) in [5.41, 5.74) is 4.40. The highest BCUT2D eigenvalue weighted by molar-refractivity contribution is 7.80. The van der Waals surface area contributed by atoms with Crippen molar-refractivity contribution in [3.8, 4) is 0 Å². The molecule has 3 rings (SSSR count).